The van der Waals surface area contributed by atoms with Crippen molar-refractivity contribution in [2.45, 2.75) is 35.5 Å². The second-order valence-electron chi connectivity index (χ2n) is 3.26. The van der Waals surface area contributed by atoms with Crippen LogP contribution < -0.4 is 0 Å². The average Bonchev–Trinajstić information content (AvgIpc) is 2.18. The lowest BCUT2D eigenvalue weighted by atomic mass is 10.0. The summed E-state index contributed by atoms with van der Waals surface area (Å²) < 4.78 is 9.37. The number of halogens is 1. The molecule has 1 aliphatic heterocycles. The first kappa shape index (κ1) is 13.1. The SMILES string of the molecule is CC(=O)OC1O[C@H](CO)[C@@H](O)[C@H](O)[C@@H]1I. The first-order chi connectivity index (χ1) is 6.97. The van der Waals surface area contributed by atoms with E-state index in [0.717, 1.165) is 0 Å². The Balaban J connectivity index is 2.69. The van der Waals surface area contributed by atoms with Crippen LogP contribution in [0.1, 0.15) is 6.92 Å². The van der Waals surface area contributed by atoms with Crippen LogP contribution in [0.4, 0.5) is 0 Å². The fourth-order valence-electron chi connectivity index (χ4n) is 1.30. The highest BCUT2D eigenvalue weighted by molar-refractivity contribution is 14.1. The van der Waals surface area contributed by atoms with Crippen LogP contribution in [0.25, 0.3) is 0 Å². The van der Waals surface area contributed by atoms with E-state index >= 15 is 0 Å². The van der Waals surface area contributed by atoms with E-state index in [1.165, 1.54) is 6.92 Å². The average molecular weight is 332 g/mol. The van der Waals surface area contributed by atoms with Crippen LogP contribution >= 0.6 is 22.6 Å². The van der Waals surface area contributed by atoms with Gasteiger partial charge in [-0.2, -0.15) is 0 Å². The zero-order valence-corrected chi connectivity index (χ0v) is 10.2. The molecule has 3 N–H and O–H groups in total. The molecule has 1 aliphatic rings. The fourth-order valence-corrected chi connectivity index (χ4v) is 2.05. The second kappa shape index (κ2) is 5.39. The molecule has 0 amide bonds. The van der Waals surface area contributed by atoms with Crippen LogP contribution in [-0.2, 0) is 14.3 Å². The summed E-state index contributed by atoms with van der Waals surface area (Å²) >= 11 is 1.83. The lowest BCUT2D eigenvalue weighted by Gasteiger charge is -2.39. The van der Waals surface area contributed by atoms with Crippen LogP contribution in [-0.4, -0.2) is 56.4 Å². The number of hydrogen-bond donors (Lipinski definition) is 3. The molecule has 0 spiro atoms. The van der Waals surface area contributed by atoms with Gasteiger partial charge < -0.3 is 24.8 Å². The van der Waals surface area contributed by atoms with Gasteiger partial charge >= 0.3 is 5.97 Å². The van der Waals surface area contributed by atoms with Crippen molar-refractivity contribution in [3.05, 3.63) is 0 Å². The summed E-state index contributed by atoms with van der Waals surface area (Å²) in [4.78, 5) is 10.7. The van der Waals surface area contributed by atoms with Crippen molar-refractivity contribution >= 4 is 28.6 Å². The molecule has 0 bridgehead atoms. The van der Waals surface area contributed by atoms with Crippen LogP contribution in [0, 0.1) is 0 Å². The Kier molecular flexibility index (Phi) is 4.71. The highest BCUT2D eigenvalue weighted by atomic mass is 127. The van der Waals surface area contributed by atoms with Crippen LogP contribution in [0.5, 0.6) is 0 Å². The molecule has 7 heteroatoms. The molecule has 1 rings (SSSR count). The summed E-state index contributed by atoms with van der Waals surface area (Å²) in [7, 11) is 0. The third-order valence-corrected chi connectivity index (χ3v) is 3.41. The Morgan fingerprint density at radius 1 is 1.47 bits per heavy atom. The lowest BCUT2D eigenvalue weighted by molar-refractivity contribution is -0.243. The molecule has 1 heterocycles. The van der Waals surface area contributed by atoms with Crippen molar-refractivity contribution in [1.82, 2.24) is 0 Å². The van der Waals surface area contributed by atoms with Crippen molar-refractivity contribution in [2.24, 2.45) is 0 Å². The fraction of sp³-hybridized carbons (Fsp3) is 0.875. The monoisotopic (exact) mass is 332 g/mol. The van der Waals surface area contributed by atoms with Crippen molar-refractivity contribution in [3.63, 3.8) is 0 Å². The molecule has 0 aromatic rings. The molecule has 5 atom stereocenters. The van der Waals surface area contributed by atoms with Gasteiger partial charge in [0.1, 0.15) is 22.2 Å². The van der Waals surface area contributed by atoms with Crippen molar-refractivity contribution < 1.29 is 29.6 Å². The van der Waals surface area contributed by atoms with Gasteiger partial charge in [0.15, 0.2) is 0 Å². The highest BCUT2D eigenvalue weighted by Crippen LogP contribution is 2.27. The van der Waals surface area contributed by atoms with Crippen LogP contribution in [0.3, 0.4) is 0 Å². The molecule has 0 aromatic heterocycles. The summed E-state index contributed by atoms with van der Waals surface area (Å²) in [6.45, 7) is 0.775. The quantitative estimate of drug-likeness (QED) is 0.334. The minimum Gasteiger partial charge on any atom is -0.435 e. The minimum atomic E-state index is -1.18. The number of carbonyl (C=O) groups is 1. The van der Waals surface area contributed by atoms with E-state index in [-0.39, 0.29) is 0 Å². The van der Waals surface area contributed by atoms with Gasteiger partial charge in [-0.25, -0.2) is 0 Å². The largest absolute Gasteiger partial charge is 0.435 e. The highest BCUT2D eigenvalue weighted by Gasteiger charge is 2.44. The Hall–Kier alpha value is 0.0400. The lowest BCUT2D eigenvalue weighted by Crippen LogP contribution is -2.57. The van der Waals surface area contributed by atoms with Gasteiger partial charge in [0.25, 0.3) is 0 Å². The Bertz CT molecular complexity index is 233. The standard InChI is InChI=1S/C8H13IO6/c1-3(11)14-8-5(9)7(13)6(12)4(2-10)15-8/h4-8,10,12-13H,2H2,1H3/t4-,5+,6-,7-,8?/m1/s1. The minimum absolute atomic E-state index is 0.445. The number of carbonyl (C=O) groups excluding carboxylic acids is 1. The van der Waals surface area contributed by atoms with Crippen LogP contribution in [0.15, 0.2) is 0 Å². The Labute approximate surface area is 100 Å². The van der Waals surface area contributed by atoms with Gasteiger partial charge in [-0.3, -0.25) is 4.79 Å². The molecule has 0 aromatic carbocycles. The first-order valence-electron chi connectivity index (χ1n) is 4.41. The molecule has 1 fully saturated rings. The number of aliphatic hydroxyl groups excluding tert-OH is 3. The molecule has 1 unspecified atom stereocenters. The topological polar surface area (TPSA) is 96.2 Å². The van der Waals surface area contributed by atoms with Gasteiger partial charge in [-0.15, -0.1) is 0 Å². The number of ether oxygens (including phenoxy) is 2. The Morgan fingerprint density at radius 3 is 2.53 bits per heavy atom. The number of alkyl halides is 1. The number of hydrogen-bond acceptors (Lipinski definition) is 6. The van der Waals surface area contributed by atoms with Gasteiger partial charge in [0.2, 0.25) is 6.29 Å². The predicted molar refractivity (Wildman–Crippen MR) is 57.3 cm³/mol. The maximum Gasteiger partial charge on any atom is 0.304 e. The Morgan fingerprint density at radius 2 is 2.07 bits per heavy atom. The summed E-state index contributed by atoms with van der Waals surface area (Å²) in [5.74, 6) is -0.540. The van der Waals surface area contributed by atoms with Gasteiger partial charge in [-0.05, 0) is 0 Å². The van der Waals surface area contributed by atoms with E-state index < -0.39 is 41.1 Å². The van der Waals surface area contributed by atoms with E-state index in [2.05, 4.69) is 0 Å². The molecule has 0 aliphatic carbocycles. The smallest absolute Gasteiger partial charge is 0.304 e. The van der Waals surface area contributed by atoms with E-state index in [9.17, 15) is 15.0 Å². The number of esters is 1. The molecular weight excluding hydrogens is 319 g/mol. The van der Waals surface area contributed by atoms with E-state index in [4.69, 9.17) is 14.6 Å². The van der Waals surface area contributed by atoms with E-state index in [1.54, 1.807) is 0 Å². The van der Waals surface area contributed by atoms with Crippen molar-refractivity contribution in [1.29, 1.82) is 0 Å². The zero-order valence-electron chi connectivity index (χ0n) is 8.04. The maximum atomic E-state index is 10.7. The van der Waals surface area contributed by atoms with Crippen molar-refractivity contribution in [3.8, 4) is 0 Å². The molecule has 0 saturated carbocycles. The molecule has 88 valence electrons. The van der Waals surface area contributed by atoms with Crippen LogP contribution in [0.2, 0.25) is 0 Å². The number of rotatable bonds is 2. The summed E-state index contributed by atoms with van der Waals surface area (Å²) in [5.41, 5.74) is 0. The molecule has 0 radical (unpaired) electrons. The summed E-state index contributed by atoms with van der Waals surface area (Å²) in [6.07, 6.45) is -4.15. The second-order valence-corrected chi connectivity index (χ2v) is 4.70. The third kappa shape index (κ3) is 3.00. The predicted octanol–water partition coefficient (Wildman–Crippen LogP) is -1.21. The normalized spacial score (nSPS) is 41.3. The van der Waals surface area contributed by atoms with Crippen molar-refractivity contribution in [2.75, 3.05) is 6.61 Å². The molecular formula is C8H13IO6. The third-order valence-electron chi connectivity index (χ3n) is 2.09. The van der Waals surface area contributed by atoms with Gasteiger partial charge in [-0.1, -0.05) is 22.6 Å². The van der Waals surface area contributed by atoms with E-state index in [1.807, 2.05) is 22.6 Å². The summed E-state index contributed by atoms with van der Waals surface area (Å²) in [6, 6.07) is 0. The maximum absolute atomic E-state index is 10.7. The zero-order chi connectivity index (χ0) is 11.6. The summed E-state index contributed by atoms with van der Waals surface area (Å²) in [5, 5.41) is 27.9. The molecule has 1 saturated heterocycles. The number of aliphatic hydroxyl groups is 3. The molecule has 15 heavy (non-hydrogen) atoms. The van der Waals surface area contributed by atoms with Gasteiger partial charge in [0.05, 0.1) is 6.61 Å². The van der Waals surface area contributed by atoms with Gasteiger partial charge in [0, 0.05) is 6.92 Å². The van der Waals surface area contributed by atoms with E-state index in [0.29, 0.717) is 0 Å². The molecule has 6 nitrogen and oxygen atoms in total. The first-order valence-corrected chi connectivity index (χ1v) is 5.65.